The molecule has 1 aromatic rings. The predicted molar refractivity (Wildman–Crippen MR) is 67.9 cm³/mol. The lowest BCUT2D eigenvalue weighted by Gasteiger charge is -2.18. The summed E-state index contributed by atoms with van der Waals surface area (Å²) in [5.74, 6) is -0.967. The maximum Gasteiger partial charge on any atom is 0.335 e. The lowest BCUT2D eigenvalue weighted by Crippen LogP contribution is -2.33. The molecule has 5 nitrogen and oxygen atoms in total. The van der Waals surface area contributed by atoms with Crippen molar-refractivity contribution in [2.45, 2.75) is 25.8 Å². The third kappa shape index (κ3) is 2.61. The molecule has 2 N–H and O–H groups in total. The molecule has 18 heavy (non-hydrogen) atoms. The van der Waals surface area contributed by atoms with E-state index in [1.165, 1.54) is 6.07 Å². The van der Waals surface area contributed by atoms with Gasteiger partial charge in [-0.25, -0.2) is 9.59 Å². The summed E-state index contributed by atoms with van der Waals surface area (Å²) in [7, 11) is 1.77. The molecule has 0 atom stereocenters. The molecule has 0 radical (unpaired) electrons. The molecule has 0 aromatic heterocycles. The SMILES string of the molecule is Cc1cc(C(=O)O)ccc1NC(=O)N(C)C1CC1. The molecule has 0 heterocycles. The third-order valence-corrected chi connectivity index (χ3v) is 3.13. The highest BCUT2D eigenvalue weighted by atomic mass is 16.4. The van der Waals surface area contributed by atoms with Crippen molar-refractivity contribution in [1.82, 2.24) is 4.90 Å². The number of carboxylic acids is 1. The number of carbonyl (C=O) groups is 2. The van der Waals surface area contributed by atoms with Crippen LogP contribution in [0.5, 0.6) is 0 Å². The predicted octanol–water partition coefficient (Wildman–Crippen LogP) is 2.32. The molecular formula is C13H16N2O3. The Balaban J connectivity index is 2.09. The summed E-state index contributed by atoms with van der Waals surface area (Å²) in [6, 6.07) is 4.86. The quantitative estimate of drug-likeness (QED) is 0.862. The summed E-state index contributed by atoms with van der Waals surface area (Å²) >= 11 is 0. The van der Waals surface area contributed by atoms with Crippen molar-refractivity contribution in [3.05, 3.63) is 29.3 Å². The van der Waals surface area contributed by atoms with Crippen LogP contribution in [0.4, 0.5) is 10.5 Å². The smallest absolute Gasteiger partial charge is 0.335 e. The van der Waals surface area contributed by atoms with Gasteiger partial charge >= 0.3 is 12.0 Å². The van der Waals surface area contributed by atoms with Crippen LogP contribution in [0.2, 0.25) is 0 Å². The Morgan fingerprint density at radius 2 is 2.06 bits per heavy atom. The Labute approximate surface area is 105 Å². The first-order valence-corrected chi connectivity index (χ1v) is 5.87. The van der Waals surface area contributed by atoms with Crippen molar-refractivity contribution in [3.63, 3.8) is 0 Å². The second kappa shape index (κ2) is 4.68. The summed E-state index contributed by atoms with van der Waals surface area (Å²) in [6.45, 7) is 1.78. The van der Waals surface area contributed by atoms with Crippen LogP contribution in [-0.2, 0) is 0 Å². The van der Waals surface area contributed by atoms with E-state index in [4.69, 9.17) is 5.11 Å². The highest BCUT2D eigenvalue weighted by Gasteiger charge is 2.29. The molecule has 0 bridgehead atoms. The van der Waals surface area contributed by atoms with Gasteiger partial charge in [0.15, 0.2) is 0 Å². The van der Waals surface area contributed by atoms with Gasteiger partial charge in [-0.1, -0.05) is 0 Å². The number of hydrogen-bond acceptors (Lipinski definition) is 2. The van der Waals surface area contributed by atoms with Crippen molar-refractivity contribution >= 4 is 17.7 Å². The monoisotopic (exact) mass is 248 g/mol. The Morgan fingerprint density at radius 3 is 2.56 bits per heavy atom. The standard InChI is InChI=1S/C13H16N2O3/c1-8-7-9(12(16)17)3-6-11(8)14-13(18)15(2)10-4-5-10/h3,6-7,10H,4-5H2,1-2H3,(H,14,18)(H,16,17). The number of carboxylic acid groups (broad SMARTS) is 1. The summed E-state index contributed by atoms with van der Waals surface area (Å²) in [6.07, 6.45) is 2.11. The van der Waals surface area contributed by atoms with E-state index in [9.17, 15) is 9.59 Å². The van der Waals surface area contributed by atoms with Crippen molar-refractivity contribution in [2.75, 3.05) is 12.4 Å². The molecule has 1 aliphatic rings. The van der Waals surface area contributed by atoms with Gasteiger partial charge in [0.25, 0.3) is 0 Å². The number of rotatable bonds is 3. The first-order valence-electron chi connectivity index (χ1n) is 5.87. The van der Waals surface area contributed by atoms with Crippen molar-refractivity contribution in [1.29, 1.82) is 0 Å². The number of amides is 2. The Hall–Kier alpha value is -2.04. The fraction of sp³-hybridized carbons (Fsp3) is 0.385. The van der Waals surface area contributed by atoms with Crippen LogP contribution in [0.1, 0.15) is 28.8 Å². The number of benzene rings is 1. The van der Waals surface area contributed by atoms with E-state index in [0.29, 0.717) is 11.7 Å². The molecule has 96 valence electrons. The largest absolute Gasteiger partial charge is 0.478 e. The second-order valence-corrected chi connectivity index (χ2v) is 4.61. The number of anilines is 1. The van der Waals surface area contributed by atoms with E-state index in [2.05, 4.69) is 5.32 Å². The lowest BCUT2D eigenvalue weighted by molar-refractivity contribution is 0.0697. The molecule has 0 unspecified atom stereocenters. The van der Waals surface area contributed by atoms with Crippen LogP contribution in [-0.4, -0.2) is 35.1 Å². The highest BCUT2D eigenvalue weighted by molar-refractivity contribution is 5.92. The first-order chi connectivity index (χ1) is 8.49. The van der Waals surface area contributed by atoms with Gasteiger partial charge in [0, 0.05) is 18.8 Å². The van der Waals surface area contributed by atoms with E-state index < -0.39 is 5.97 Å². The van der Waals surface area contributed by atoms with Gasteiger partial charge in [-0.15, -0.1) is 0 Å². The maximum atomic E-state index is 11.9. The molecule has 0 saturated heterocycles. The van der Waals surface area contributed by atoms with E-state index in [-0.39, 0.29) is 11.6 Å². The average Bonchev–Trinajstić information content (AvgIpc) is 3.14. The fourth-order valence-corrected chi connectivity index (χ4v) is 1.77. The van der Waals surface area contributed by atoms with E-state index in [0.717, 1.165) is 18.4 Å². The van der Waals surface area contributed by atoms with Crippen LogP contribution in [0.15, 0.2) is 18.2 Å². The molecule has 1 aliphatic carbocycles. The zero-order valence-electron chi connectivity index (χ0n) is 10.4. The van der Waals surface area contributed by atoms with Crippen LogP contribution in [0.3, 0.4) is 0 Å². The summed E-state index contributed by atoms with van der Waals surface area (Å²) in [4.78, 5) is 24.3. The van der Waals surface area contributed by atoms with Gasteiger partial charge < -0.3 is 15.3 Å². The molecule has 2 amide bonds. The van der Waals surface area contributed by atoms with Gasteiger partial charge in [-0.05, 0) is 43.5 Å². The number of carbonyl (C=O) groups excluding carboxylic acids is 1. The molecule has 0 spiro atoms. The Kier molecular flexibility index (Phi) is 3.23. The third-order valence-electron chi connectivity index (χ3n) is 3.13. The fourth-order valence-electron chi connectivity index (χ4n) is 1.77. The zero-order valence-corrected chi connectivity index (χ0v) is 10.4. The van der Waals surface area contributed by atoms with Crippen LogP contribution in [0, 0.1) is 6.92 Å². The van der Waals surface area contributed by atoms with Gasteiger partial charge in [0.05, 0.1) is 5.56 Å². The molecule has 5 heteroatoms. The van der Waals surface area contributed by atoms with Gasteiger partial charge in [0.2, 0.25) is 0 Å². The number of aryl methyl sites for hydroxylation is 1. The molecule has 1 fully saturated rings. The Morgan fingerprint density at radius 1 is 1.39 bits per heavy atom. The van der Waals surface area contributed by atoms with Crippen LogP contribution >= 0.6 is 0 Å². The minimum atomic E-state index is -0.967. The summed E-state index contributed by atoms with van der Waals surface area (Å²) in [5.41, 5.74) is 1.62. The lowest BCUT2D eigenvalue weighted by atomic mass is 10.1. The first kappa shape index (κ1) is 12.4. The normalized spacial score (nSPS) is 14.1. The number of aromatic carboxylic acids is 1. The van der Waals surface area contributed by atoms with Gasteiger partial charge in [0.1, 0.15) is 0 Å². The molecular weight excluding hydrogens is 232 g/mol. The van der Waals surface area contributed by atoms with Gasteiger partial charge in [-0.3, -0.25) is 0 Å². The second-order valence-electron chi connectivity index (χ2n) is 4.61. The minimum Gasteiger partial charge on any atom is -0.478 e. The number of urea groups is 1. The van der Waals surface area contributed by atoms with Crippen molar-refractivity contribution < 1.29 is 14.7 Å². The highest BCUT2D eigenvalue weighted by Crippen LogP contribution is 2.26. The van der Waals surface area contributed by atoms with E-state index in [1.54, 1.807) is 31.0 Å². The van der Waals surface area contributed by atoms with E-state index >= 15 is 0 Å². The molecule has 2 rings (SSSR count). The summed E-state index contributed by atoms with van der Waals surface area (Å²) in [5, 5.41) is 11.6. The number of nitrogens with one attached hydrogen (secondary N) is 1. The minimum absolute atomic E-state index is 0.149. The Bertz CT molecular complexity index is 495. The van der Waals surface area contributed by atoms with Gasteiger partial charge in [-0.2, -0.15) is 0 Å². The molecule has 0 aliphatic heterocycles. The van der Waals surface area contributed by atoms with Crippen molar-refractivity contribution in [3.8, 4) is 0 Å². The van der Waals surface area contributed by atoms with E-state index in [1.807, 2.05) is 0 Å². The number of hydrogen-bond donors (Lipinski definition) is 2. The maximum absolute atomic E-state index is 11.9. The topological polar surface area (TPSA) is 69.6 Å². The van der Waals surface area contributed by atoms with Crippen LogP contribution in [0.25, 0.3) is 0 Å². The van der Waals surface area contributed by atoms with Crippen molar-refractivity contribution in [2.24, 2.45) is 0 Å². The average molecular weight is 248 g/mol. The molecule has 1 aromatic carbocycles. The number of nitrogens with zero attached hydrogens (tertiary/aromatic N) is 1. The van der Waals surface area contributed by atoms with Crippen LogP contribution < -0.4 is 5.32 Å². The summed E-state index contributed by atoms with van der Waals surface area (Å²) < 4.78 is 0. The molecule has 1 saturated carbocycles. The zero-order chi connectivity index (χ0) is 13.3.